The Kier molecular flexibility index (Phi) is 2.47. The lowest BCUT2D eigenvalue weighted by Crippen LogP contribution is -2.29. The average Bonchev–Trinajstić information content (AvgIpc) is 2.16. The summed E-state index contributed by atoms with van der Waals surface area (Å²) < 4.78 is 0. The van der Waals surface area contributed by atoms with Crippen molar-refractivity contribution in [3.8, 4) is 6.07 Å². The van der Waals surface area contributed by atoms with Crippen LogP contribution in [-0.2, 0) is 12.0 Å². The molecule has 1 heterocycles. The van der Waals surface area contributed by atoms with E-state index in [-0.39, 0.29) is 0 Å². The van der Waals surface area contributed by atoms with Crippen LogP contribution in [0.3, 0.4) is 0 Å². The smallest absolute Gasteiger partial charge is 0.101 e. The van der Waals surface area contributed by atoms with Crippen LogP contribution in [0.15, 0.2) is 0 Å². The number of nitrogens with zero attached hydrogens (tertiary/aromatic N) is 2. The van der Waals surface area contributed by atoms with Gasteiger partial charge in [-0.3, -0.25) is 4.98 Å². The Labute approximate surface area is 95.8 Å². The summed E-state index contributed by atoms with van der Waals surface area (Å²) in [5, 5.41) is 19.5. The molecule has 3 heteroatoms. The van der Waals surface area contributed by atoms with Crippen LogP contribution < -0.4 is 0 Å². The molecule has 0 saturated heterocycles. The van der Waals surface area contributed by atoms with Gasteiger partial charge in [0.1, 0.15) is 6.07 Å². The van der Waals surface area contributed by atoms with Gasteiger partial charge in [0.25, 0.3) is 0 Å². The van der Waals surface area contributed by atoms with Crippen molar-refractivity contribution in [2.45, 2.75) is 45.6 Å². The Morgan fingerprint density at radius 2 is 2.12 bits per heavy atom. The average molecular weight is 216 g/mol. The first-order valence-corrected chi connectivity index (χ1v) is 5.60. The fraction of sp³-hybridized carbons (Fsp3) is 0.538. The fourth-order valence-electron chi connectivity index (χ4n) is 2.71. The van der Waals surface area contributed by atoms with Gasteiger partial charge in [-0.15, -0.1) is 0 Å². The molecule has 1 aliphatic carbocycles. The van der Waals surface area contributed by atoms with Crippen molar-refractivity contribution < 1.29 is 5.11 Å². The third kappa shape index (κ3) is 1.50. The molecule has 0 radical (unpaired) electrons. The molecule has 3 nitrogen and oxygen atoms in total. The van der Waals surface area contributed by atoms with Crippen LogP contribution in [0.4, 0.5) is 0 Å². The molecule has 0 amide bonds. The van der Waals surface area contributed by atoms with Crippen LogP contribution >= 0.6 is 0 Å². The second kappa shape index (κ2) is 3.57. The summed E-state index contributed by atoms with van der Waals surface area (Å²) in [6.45, 7) is 5.58. The van der Waals surface area contributed by atoms with Crippen LogP contribution in [0, 0.1) is 25.2 Å². The van der Waals surface area contributed by atoms with Crippen LogP contribution in [0.1, 0.15) is 47.8 Å². The van der Waals surface area contributed by atoms with Crippen LogP contribution in [0.25, 0.3) is 0 Å². The Morgan fingerprint density at radius 3 is 2.75 bits per heavy atom. The molecule has 1 aliphatic rings. The molecular weight excluding hydrogens is 200 g/mol. The van der Waals surface area contributed by atoms with Gasteiger partial charge in [0.15, 0.2) is 0 Å². The SMILES string of the molecule is Cc1nc2c(c(C)c1C#N)C(C)(O)CCC2. The van der Waals surface area contributed by atoms with Gasteiger partial charge < -0.3 is 5.11 Å². The topological polar surface area (TPSA) is 56.9 Å². The molecule has 0 bridgehead atoms. The van der Waals surface area contributed by atoms with Crippen molar-refractivity contribution in [1.29, 1.82) is 5.26 Å². The summed E-state index contributed by atoms with van der Waals surface area (Å²) >= 11 is 0. The molecular formula is C13H16N2O. The first-order chi connectivity index (χ1) is 7.47. The number of rotatable bonds is 0. The molecule has 0 fully saturated rings. The minimum atomic E-state index is -0.829. The number of pyridine rings is 1. The summed E-state index contributed by atoms with van der Waals surface area (Å²) in [5.41, 5.74) is 3.29. The second-order valence-corrected chi connectivity index (χ2v) is 4.76. The highest BCUT2D eigenvalue weighted by atomic mass is 16.3. The van der Waals surface area contributed by atoms with Gasteiger partial charge in [-0.2, -0.15) is 5.26 Å². The molecule has 1 unspecified atom stereocenters. The third-order valence-electron chi connectivity index (χ3n) is 3.43. The van der Waals surface area contributed by atoms with Gasteiger partial charge in [0.05, 0.1) is 16.9 Å². The Bertz CT molecular complexity index is 484. The maximum atomic E-state index is 10.4. The van der Waals surface area contributed by atoms with E-state index in [4.69, 9.17) is 5.26 Å². The Morgan fingerprint density at radius 1 is 1.44 bits per heavy atom. The van der Waals surface area contributed by atoms with Crippen molar-refractivity contribution in [2.75, 3.05) is 0 Å². The summed E-state index contributed by atoms with van der Waals surface area (Å²) in [7, 11) is 0. The van der Waals surface area contributed by atoms with Gasteiger partial charge >= 0.3 is 0 Å². The Hall–Kier alpha value is -1.40. The molecule has 1 aromatic heterocycles. The van der Waals surface area contributed by atoms with E-state index in [0.29, 0.717) is 5.56 Å². The lowest BCUT2D eigenvalue weighted by molar-refractivity contribution is 0.0371. The van der Waals surface area contributed by atoms with Gasteiger partial charge in [0, 0.05) is 11.3 Å². The summed E-state index contributed by atoms with van der Waals surface area (Å²) in [5.74, 6) is 0. The van der Waals surface area contributed by atoms with Gasteiger partial charge in [-0.1, -0.05) is 0 Å². The Balaban J connectivity index is 2.75. The van der Waals surface area contributed by atoms with E-state index in [1.54, 1.807) is 0 Å². The van der Waals surface area contributed by atoms with Gasteiger partial charge in [-0.25, -0.2) is 0 Å². The van der Waals surface area contributed by atoms with E-state index in [1.807, 2.05) is 20.8 Å². The zero-order chi connectivity index (χ0) is 11.9. The number of hydrogen-bond acceptors (Lipinski definition) is 3. The molecule has 2 rings (SSSR count). The highest BCUT2D eigenvalue weighted by molar-refractivity contribution is 5.49. The molecule has 0 aromatic carbocycles. The van der Waals surface area contributed by atoms with Crippen LogP contribution in [0.5, 0.6) is 0 Å². The highest BCUT2D eigenvalue weighted by Gasteiger charge is 2.33. The standard InChI is InChI=1S/C13H16N2O/c1-8-10(7-14)9(2)15-11-5-4-6-13(3,16)12(8)11/h16H,4-6H2,1-3H3. The largest absolute Gasteiger partial charge is 0.385 e. The molecule has 0 spiro atoms. The van der Waals surface area contributed by atoms with Crippen LogP contribution in [-0.4, -0.2) is 10.1 Å². The second-order valence-electron chi connectivity index (χ2n) is 4.76. The molecule has 1 atom stereocenters. The summed E-state index contributed by atoms with van der Waals surface area (Å²) in [6, 6.07) is 2.18. The lowest BCUT2D eigenvalue weighted by Gasteiger charge is -2.32. The van der Waals surface area contributed by atoms with Crippen molar-refractivity contribution in [2.24, 2.45) is 0 Å². The zero-order valence-electron chi connectivity index (χ0n) is 9.96. The maximum Gasteiger partial charge on any atom is 0.101 e. The van der Waals surface area contributed by atoms with E-state index in [2.05, 4.69) is 11.1 Å². The van der Waals surface area contributed by atoms with Crippen molar-refractivity contribution >= 4 is 0 Å². The summed E-state index contributed by atoms with van der Waals surface area (Å²) in [4.78, 5) is 4.46. The highest BCUT2D eigenvalue weighted by Crippen LogP contribution is 2.37. The zero-order valence-corrected chi connectivity index (χ0v) is 9.96. The molecule has 16 heavy (non-hydrogen) atoms. The first kappa shape index (κ1) is 11.1. The number of fused-ring (bicyclic) bond motifs is 1. The third-order valence-corrected chi connectivity index (χ3v) is 3.43. The van der Waals surface area contributed by atoms with Gasteiger partial charge in [-0.05, 0) is 45.6 Å². The molecule has 0 aliphatic heterocycles. The number of aryl methyl sites for hydroxylation is 2. The minimum Gasteiger partial charge on any atom is -0.385 e. The number of aliphatic hydroxyl groups is 1. The molecule has 0 saturated carbocycles. The van der Waals surface area contributed by atoms with E-state index < -0.39 is 5.60 Å². The molecule has 84 valence electrons. The van der Waals surface area contributed by atoms with E-state index >= 15 is 0 Å². The number of hydrogen-bond donors (Lipinski definition) is 1. The van der Waals surface area contributed by atoms with E-state index in [0.717, 1.165) is 41.8 Å². The predicted octanol–water partition coefficient (Wildman–Crippen LogP) is 2.11. The minimum absolute atomic E-state index is 0.612. The normalized spacial score (nSPS) is 23.7. The predicted molar refractivity (Wildman–Crippen MR) is 60.9 cm³/mol. The maximum absolute atomic E-state index is 10.4. The van der Waals surface area contributed by atoms with E-state index in [9.17, 15) is 5.11 Å². The summed E-state index contributed by atoms with van der Waals surface area (Å²) in [6.07, 6.45) is 2.60. The van der Waals surface area contributed by atoms with Crippen molar-refractivity contribution in [3.05, 3.63) is 28.1 Å². The van der Waals surface area contributed by atoms with E-state index in [1.165, 1.54) is 0 Å². The quantitative estimate of drug-likeness (QED) is 0.722. The number of nitriles is 1. The first-order valence-electron chi connectivity index (χ1n) is 5.60. The van der Waals surface area contributed by atoms with Crippen LogP contribution in [0.2, 0.25) is 0 Å². The molecule has 1 N–H and O–H groups in total. The fourth-order valence-corrected chi connectivity index (χ4v) is 2.71. The lowest BCUT2D eigenvalue weighted by atomic mass is 9.79. The molecule has 1 aromatic rings. The van der Waals surface area contributed by atoms with Crippen molar-refractivity contribution in [3.63, 3.8) is 0 Å². The monoisotopic (exact) mass is 216 g/mol. The van der Waals surface area contributed by atoms with Gasteiger partial charge in [0.2, 0.25) is 0 Å². The van der Waals surface area contributed by atoms with Crippen molar-refractivity contribution in [1.82, 2.24) is 4.98 Å². The number of aromatic nitrogens is 1.